The van der Waals surface area contributed by atoms with E-state index in [4.69, 9.17) is 4.42 Å². The Bertz CT molecular complexity index is 933. The van der Waals surface area contributed by atoms with Gasteiger partial charge in [-0.2, -0.15) is 0 Å². The first-order valence-electron chi connectivity index (χ1n) is 10.2. The van der Waals surface area contributed by atoms with Crippen LogP contribution in [0, 0.1) is 0 Å². The molecule has 1 amide bonds. The van der Waals surface area contributed by atoms with Gasteiger partial charge in [-0.15, -0.1) is 0 Å². The van der Waals surface area contributed by atoms with Crippen LogP contribution in [0.1, 0.15) is 29.0 Å². The van der Waals surface area contributed by atoms with Crippen LogP contribution in [-0.2, 0) is 16.4 Å². The van der Waals surface area contributed by atoms with E-state index in [9.17, 15) is 13.2 Å². The van der Waals surface area contributed by atoms with Crippen LogP contribution in [0.4, 0.5) is 0 Å². The van der Waals surface area contributed by atoms with Crippen LogP contribution in [-0.4, -0.2) is 81.6 Å². The predicted molar refractivity (Wildman–Crippen MR) is 116 cm³/mol. The van der Waals surface area contributed by atoms with Gasteiger partial charge in [0.2, 0.25) is 0 Å². The number of nitrogens with zero attached hydrogens (tertiary/aromatic N) is 3. The lowest BCUT2D eigenvalue weighted by molar-refractivity contribution is 0.0518. The van der Waals surface area contributed by atoms with Crippen LogP contribution in [0.15, 0.2) is 52.0 Å². The van der Waals surface area contributed by atoms with Gasteiger partial charge in [-0.3, -0.25) is 9.69 Å². The molecule has 2 heterocycles. The average Bonchev–Trinajstić information content (AvgIpc) is 3.23. The fourth-order valence-corrected chi connectivity index (χ4v) is 4.86. The second kappa shape index (κ2) is 9.76. The monoisotopic (exact) mass is 433 g/mol. The van der Waals surface area contributed by atoms with Crippen molar-refractivity contribution in [1.29, 1.82) is 0 Å². The van der Waals surface area contributed by atoms with E-state index in [0.29, 0.717) is 23.7 Å². The van der Waals surface area contributed by atoms with Crippen molar-refractivity contribution in [3.05, 3.63) is 54.0 Å². The Kier molecular flexibility index (Phi) is 7.33. The average molecular weight is 434 g/mol. The number of furan rings is 1. The van der Waals surface area contributed by atoms with Crippen molar-refractivity contribution in [3.63, 3.8) is 0 Å². The number of piperidine rings is 1. The maximum atomic E-state index is 13.0. The molecule has 30 heavy (non-hydrogen) atoms. The number of benzene rings is 1. The van der Waals surface area contributed by atoms with Crippen molar-refractivity contribution in [3.8, 4) is 0 Å². The highest BCUT2D eigenvalue weighted by Crippen LogP contribution is 2.23. The van der Waals surface area contributed by atoms with Gasteiger partial charge in [0.15, 0.2) is 15.6 Å². The molecule has 1 aliphatic rings. The minimum absolute atomic E-state index is 0.0669. The van der Waals surface area contributed by atoms with E-state index in [0.717, 1.165) is 38.0 Å². The Balaban J connectivity index is 1.66. The molecule has 0 saturated carbocycles. The molecule has 0 spiro atoms. The van der Waals surface area contributed by atoms with Crippen molar-refractivity contribution in [2.75, 3.05) is 46.5 Å². The number of carbonyl (C=O) groups excluding carboxylic acids is 1. The zero-order chi connectivity index (χ0) is 21.7. The van der Waals surface area contributed by atoms with Gasteiger partial charge >= 0.3 is 0 Å². The van der Waals surface area contributed by atoms with E-state index in [2.05, 4.69) is 9.80 Å². The number of carbonyl (C=O) groups is 1. The minimum Gasteiger partial charge on any atom is -0.459 e. The Morgan fingerprint density at radius 3 is 2.40 bits per heavy atom. The number of rotatable bonds is 8. The maximum Gasteiger partial charge on any atom is 0.289 e. The van der Waals surface area contributed by atoms with E-state index < -0.39 is 9.84 Å². The molecule has 1 saturated heterocycles. The van der Waals surface area contributed by atoms with Crippen LogP contribution in [0.5, 0.6) is 0 Å². The summed E-state index contributed by atoms with van der Waals surface area (Å²) in [5, 5.41) is 0. The molecular weight excluding hydrogens is 402 g/mol. The first kappa shape index (κ1) is 22.5. The summed E-state index contributed by atoms with van der Waals surface area (Å²) in [5.41, 5.74) is 0.828. The summed E-state index contributed by atoms with van der Waals surface area (Å²) in [6, 6.07) is 10.8. The fourth-order valence-electron chi connectivity index (χ4n) is 3.93. The van der Waals surface area contributed by atoms with Crippen molar-refractivity contribution < 1.29 is 17.6 Å². The van der Waals surface area contributed by atoms with Crippen LogP contribution >= 0.6 is 0 Å². The second-order valence-electron chi connectivity index (χ2n) is 8.17. The third-order valence-electron chi connectivity index (χ3n) is 5.54. The van der Waals surface area contributed by atoms with Gasteiger partial charge in [-0.05, 0) is 50.7 Å². The first-order chi connectivity index (χ1) is 14.3. The summed E-state index contributed by atoms with van der Waals surface area (Å²) in [6.45, 7) is 3.65. The molecule has 2 aromatic rings. The topological polar surface area (TPSA) is 74.1 Å². The Labute approximate surface area is 179 Å². The molecule has 0 aliphatic carbocycles. The lowest BCUT2D eigenvalue weighted by atomic mass is 10.0. The zero-order valence-electron chi connectivity index (χ0n) is 18.0. The van der Waals surface area contributed by atoms with Gasteiger partial charge in [-0.1, -0.05) is 18.2 Å². The summed E-state index contributed by atoms with van der Waals surface area (Å²) in [5.74, 6) is 0.306. The van der Waals surface area contributed by atoms with Crippen molar-refractivity contribution in [2.24, 2.45) is 0 Å². The van der Waals surface area contributed by atoms with E-state index in [1.54, 1.807) is 24.3 Å². The summed E-state index contributed by atoms with van der Waals surface area (Å²) in [6.07, 6.45) is 4.47. The van der Waals surface area contributed by atoms with Crippen molar-refractivity contribution in [1.82, 2.24) is 14.7 Å². The van der Waals surface area contributed by atoms with E-state index in [1.165, 1.54) is 12.5 Å². The number of hydrogen-bond donors (Lipinski definition) is 0. The van der Waals surface area contributed by atoms with Gasteiger partial charge in [0.05, 0.1) is 11.2 Å². The lowest BCUT2D eigenvalue weighted by Gasteiger charge is -2.38. The molecule has 8 heteroatoms. The first-order valence-corrected chi connectivity index (χ1v) is 12.1. The van der Waals surface area contributed by atoms with Crippen LogP contribution in [0.3, 0.4) is 0 Å². The summed E-state index contributed by atoms with van der Waals surface area (Å²) >= 11 is 0. The molecule has 164 valence electrons. The third kappa shape index (κ3) is 5.71. The van der Waals surface area contributed by atoms with Crippen LogP contribution < -0.4 is 0 Å². The molecule has 3 rings (SSSR count). The number of likely N-dealkylation sites (N-methyl/N-ethyl adjacent to an activating group) is 1. The Hall–Kier alpha value is -2.16. The van der Waals surface area contributed by atoms with Gasteiger partial charge < -0.3 is 14.2 Å². The molecule has 0 atom stereocenters. The highest BCUT2D eigenvalue weighted by atomic mass is 32.2. The van der Waals surface area contributed by atoms with Crippen LogP contribution in [0.25, 0.3) is 0 Å². The van der Waals surface area contributed by atoms with Crippen molar-refractivity contribution in [2.45, 2.75) is 30.3 Å². The molecule has 1 aliphatic heterocycles. The molecular formula is C22H31N3O4S. The number of amides is 1. The maximum absolute atomic E-state index is 13.0. The SMILES string of the molecule is CN(C)CCN(C(=O)c1ccco1)C1CCN(Cc2ccccc2S(C)(=O)=O)CC1. The smallest absolute Gasteiger partial charge is 0.289 e. The molecule has 0 bridgehead atoms. The van der Waals surface area contributed by atoms with Gasteiger partial charge in [0.1, 0.15) is 0 Å². The van der Waals surface area contributed by atoms with Gasteiger partial charge in [-0.25, -0.2) is 8.42 Å². The molecule has 1 fully saturated rings. The van der Waals surface area contributed by atoms with E-state index in [1.807, 2.05) is 31.1 Å². The Morgan fingerprint density at radius 2 is 1.80 bits per heavy atom. The predicted octanol–water partition coefficient (Wildman–Crippen LogP) is 2.35. The summed E-state index contributed by atoms with van der Waals surface area (Å²) < 4.78 is 29.5. The molecule has 0 N–H and O–H groups in total. The largest absolute Gasteiger partial charge is 0.459 e. The molecule has 7 nitrogen and oxygen atoms in total. The normalized spacial score (nSPS) is 16.1. The number of sulfone groups is 1. The molecule has 1 aromatic heterocycles. The van der Waals surface area contributed by atoms with E-state index in [-0.39, 0.29) is 11.9 Å². The molecule has 1 aromatic carbocycles. The summed E-state index contributed by atoms with van der Waals surface area (Å²) in [4.78, 5) is 19.6. The number of hydrogen-bond acceptors (Lipinski definition) is 6. The highest BCUT2D eigenvalue weighted by Gasteiger charge is 2.30. The van der Waals surface area contributed by atoms with Crippen molar-refractivity contribution >= 4 is 15.7 Å². The summed E-state index contributed by atoms with van der Waals surface area (Å²) in [7, 11) is 0.740. The van der Waals surface area contributed by atoms with E-state index >= 15 is 0 Å². The lowest BCUT2D eigenvalue weighted by Crippen LogP contribution is -2.49. The molecule has 0 unspecified atom stereocenters. The fraction of sp³-hybridized carbons (Fsp3) is 0.500. The zero-order valence-corrected chi connectivity index (χ0v) is 18.8. The van der Waals surface area contributed by atoms with Gasteiger partial charge in [0, 0.05) is 45.0 Å². The highest BCUT2D eigenvalue weighted by molar-refractivity contribution is 7.90. The minimum atomic E-state index is -3.25. The second-order valence-corrected chi connectivity index (χ2v) is 10.2. The van der Waals surface area contributed by atoms with Gasteiger partial charge in [0.25, 0.3) is 5.91 Å². The standard InChI is InChI=1S/C22H31N3O4S/c1-23(2)14-15-25(22(26)20-8-6-16-29-20)19-10-12-24(13-11-19)17-18-7-4-5-9-21(18)30(3,27)28/h4-9,16,19H,10-15,17H2,1-3H3. The number of likely N-dealkylation sites (tertiary alicyclic amines) is 1. The third-order valence-corrected chi connectivity index (χ3v) is 6.74. The van der Waals surface area contributed by atoms with Crippen LogP contribution in [0.2, 0.25) is 0 Å². The quantitative estimate of drug-likeness (QED) is 0.636. The molecule has 0 radical (unpaired) electrons. The Morgan fingerprint density at radius 1 is 1.10 bits per heavy atom.